The second kappa shape index (κ2) is 13.7. The fourth-order valence-corrected chi connectivity index (χ4v) is 3.75. The number of esters is 1. The van der Waals surface area contributed by atoms with Crippen LogP contribution in [-0.4, -0.2) is 52.3 Å². The lowest BCUT2D eigenvalue weighted by Gasteiger charge is -2.27. The van der Waals surface area contributed by atoms with Gasteiger partial charge in [0, 0.05) is 12.1 Å². The Labute approximate surface area is 206 Å². The van der Waals surface area contributed by atoms with Crippen molar-refractivity contribution in [2.75, 3.05) is 18.5 Å². The maximum Gasteiger partial charge on any atom is 0.353 e. The first-order valence-electron chi connectivity index (χ1n) is 11.3. The molecule has 1 aromatic carbocycles. The van der Waals surface area contributed by atoms with Crippen molar-refractivity contribution in [3.05, 3.63) is 46.1 Å². The lowest BCUT2D eigenvalue weighted by atomic mass is 9.86. The number of nitrogens with zero attached hydrogens (tertiary/aromatic N) is 1. The predicted molar refractivity (Wildman–Crippen MR) is 126 cm³/mol. The van der Waals surface area contributed by atoms with Gasteiger partial charge in [0.2, 0.25) is 0 Å². The first-order valence-corrected chi connectivity index (χ1v) is 11.7. The third-order valence-corrected chi connectivity index (χ3v) is 5.65. The number of hydrogen-bond acceptors (Lipinski definition) is 6. The Morgan fingerprint density at radius 1 is 1.14 bits per heavy atom. The summed E-state index contributed by atoms with van der Waals surface area (Å²) in [4.78, 5) is 33.9. The number of amides is 1. The normalized spacial score (nSPS) is 17.2. The maximum atomic E-state index is 13.1. The molecule has 1 aliphatic rings. The number of carbonyl (C=O) groups is 3. The fourth-order valence-electron chi connectivity index (χ4n) is 3.52. The number of aromatic carboxylic acids is 1. The topological polar surface area (TPSA) is 133 Å². The molecule has 0 aliphatic heterocycles. The van der Waals surface area contributed by atoms with Crippen molar-refractivity contribution in [2.45, 2.75) is 52.0 Å². The van der Waals surface area contributed by atoms with Crippen LogP contribution in [0.25, 0.3) is 0 Å². The highest BCUT2D eigenvalue weighted by Crippen LogP contribution is 2.25. The van der Waals surface area contributed by atoms with E-state index in [0.29, 0.717) is 24.8 Å². The zero-order valence-corrected chi connectivity index (χ0v) is 20.3. The van der Waals surface area contributed by atoms with E-state index in [1.54, 1.807) is 0 Å². The summed E-state index contributed by atoms with van der Waals surface area (Å²) in [7, 11) is 0. The monoisotopic (exact) mass is 514 g/mol. The van der Waals surface area contributed by atoms with Crippen LogP contribution in [0.3, 0.4) is 0 Å². The van der Waals surface area contributed by atoms with Crippen LogP contribution in [0.15, 0.2) is 18.2 Å². The number of aromatic nitrogens is 2. The Morgan fingerprint density at radius 3 is 2.37 bits per heavy atom. The molecule has 0 unspecified atom stereocenters. The number of carboxylic acids is 1. The SMILES string of the molecule is CCCNC1CCC(C(=O)OCC)CC1.O=C(O)c1cc(NC(=O)c2cc(F)c(F)cc2Cl)n[nH]1. The molecule has 0 bridgehead atoms. The quantitative estimate of drug-likeness (QED) is 0.303. The van der Waals surface area contributed by atoms with Gasteiger partial charge in [-0.05, 0) is 57.7 Å². The number of aromatic amines is 1. The van der Waals surface area contributed by atoms with Gasteiger partial charge in [-0.2, -0.15) is 5.10 Å². The molecule has 35 heavy (non-hydrogen) atoms. The van der Waals surface area contributed by atoms with Gasteiger partial charge in [0.25, 0.3) is 5.91 Å². The van der Waals surface area contributed by atoms with E-state index >= 15 is 0 Å². The van der Waals surface area contributed by atoms with Crippen molar-refractivity contribution in [1.82, 2.24) is 15.5 Å². The minimum Gasteiger partial charge on any atom is -0.477 e. The molecule has 1 heterocycles. The highest BCUT2D eigenvalue weighted by atomic mass is 35.5. The molecule has 0 atom stereocenters. The number of benzene rings is 1. The van der Waals surface area contributed by atoms with E-state index in [2.05, 4.69) is 27.8 Å². The number of halogens is 3. The van der Waals surface area contributed by atoms with E-state index in [-0.39, 0.29) is 34.0 Å². The van der Waals surface area contributed by atoms with Crippen LogP contribution < -0.4 is 10.6 Å². The van der Waals surface area contributed by atoms with Crippen LogP contribution in [0, 0.1) is 17.6 Å². The summed E-state index contributed by atoms with van der Waals surface area (Å²) >= 11 is 5.63. The standard InChI is InChI=1S/C12H23NO2.C11H6ClF2N3O3/c1-3-9-13-11-7-5-10(6-8-11)12(14)15-4-2;12-5-2-7(14)6(13)1-4(5)10(18)15-9-3-8(11(19)20)16-17-9/h10-11,13H,3-9H2,1-2H3;1-3H,(H,19,20)(H2,15,16,17,18). The number of H-pyrrole nitrogens is 1. The lowest BCUT2D eigenvalue weighted by Crippen LogP contribution is -2.35. The molecule has 0 spiro atoms. The Morgan fingerprint density at radius 2 is 1.80 bits per heavy atom. The van der Waals surface area contributed by atoms with Crippen molar-refractivity contribution in [3.8, 4) is 0 Å². The Balaban J connectivity index is 0.000000258. The summed E-state index contributed by atoms with van der Waals surface area (Å²) in [5.74, 6) is -4.45. The molecule has 2 aromatic rings. The molecule has 9 nitrogen and oxygen atoms in total. The van der Waals surface area contributed by atoms with Crippen molar-refractivity contribution in [2.24, 2.45) is 5.92 Å². The summed E-state index contributed by atoms with van der Waals surface area (Å²) in [6.45, 7) is 5.64. The van der Waals surface area contributed by atoms with E-state index in [4.69, 9.17) is 21.4 Å². The molecule has 4 N–H and O–H groups in total. The van der Waals surface area contributed by atoms with Crippen LogP contribution in [0.4, 0.5) is 14.6 Å². The largest absolute Gasteiger partial charge is 0.477 e. The third kappa shape index (κ3) is 8.59. The second-order valence-electron chi connectivity index (χ2n) is 7.93. The number of carboxylic acid groups (broad SMARTS) is 1. The van der Waals surface area contributed by atoms with Crippen molar-refractivity contribution in [1.29, 1.82) is 0 Å². The average molecular weight is 515 g/mol. The highest BCUT2D eigenvalue weighted by Gasteiger charge is 2.26. The van der Waals surface area contributed by atoms with Gasteiger partial charge in [0.1, 0.15) is 5.69 Å². The zero-order chi connectivity index (χ0) is 26.0. The van der Waals surface area contributed by atoms with Crippen LogP contribution in [-0.2, 0) is 9.53 Å². The van der Waals surface area contributed by atoms with E-state index in [9.17, 15) is 23.2 Å². The van der Waals surface area contributed by atoms with Gasteiger partial charge >= 0.3 is 11.9 Å². The fraction of sp³-hybridized carbons (Fsp3) is 0.478. The van der Waals surface area contributed by atoms with Gasteiger partial charge < -0.3 is 20.5 Å². The lowest BCUT2D eigenvalue weighted by molar-refractivity contribution is -0.149. The molecule has 0 saturated heterocycles. The number of carbonyl (C=O) groups excluding carboxylic acids is 2. The molecular formula is C23H29ClF2N4O5. The highest BCUT2D eigenvalue weighted by molar-refractivity contribution is 6.34. The van der Waals surface area contributed by atoms with E-state index < -0.39 is 23.5 Å². The molecule has 1 amide bonds. The molecule has 12 heteroatoms. The summed E-state index contributed by atoms with van der Waals surface area (Å²) < 4.78 is 31.0. The number of ether oxygens (including phenoxy) is 1. The minimum atomic E-state index is -1.26. The Bertz CT molecular complexity index is 1030. The van der Waals surface area contributed by atoms with Crippen LogP contribution >= 0.6 is 11.6 Å². The smallest absolute Gasteiger partial charge is 0.353 e. The van der Waals surface area contributed by atoms with Crippen molar-refractivity contribution in [3.63, 3.8) is 0 Å². The summed E-state index contributed by atoms with van der Waals surface area (Å²) in [6.07, 6.45) is 5.38. The first-order chi connectivity index (χ1) is 16.7. The van der Waals surface area contributed by atoms with Gasteiger partial charge in [-0.3, -0.25) is 14.7 Å². The van der Waals surface area contributed by atoms with E-state index in [1.165, 1.54) is 6.42 Å². The molecular weight excluding hydrogens is 486 g/mol. The van der Waals surface area contributed by atoms with Gasteiger partial charge in [-0.1, -0.05) is 18.5 Å². The van der Waals surface area contributed by atoms with Gasteiger partial charge in [-0.15, -0.1) is 0 Å². The Kier molecular flexibility index (Phi) is 11.1. The maximum absolute atomic E-state index is 13.1. The Hall–Kier alpha value is -3.05. The molecule has 1 fully saturated rings. The van der Waals surface area contributed by atoms with Gasteiger partial charge in [0.15, 0.2) is 17.5 Å². The van der Waals surface area contributed by atoms with Gasteiger partial charge in [-0.25, -0.2) is 13.6 Å². The van der Waals surface area contributed by atoms with Crippen LogP contribution in [0.5, 0.6) is 0 Å². The van der Waals surface area contributed by atoms with Crippen molar-refractivity contribution < 1.29 is 33.0 Å². The second-order valence-corrected chi connectivity index (χ2v) is 8.33. The predicted octanol–water partition coefficient (Wildman–Crippen LogP) is 4.40. The molecule has 0 radical (unpaired) electrons. The number of rotatable bonds is 8. The third-order valence-electron chi connectivity index (χ3n) is 5.33. The summed E-state index contributed by atoms with van der Waals surface area (Å²) in [5, 5.41) is 19.8. The molecule has 1 aromatic heterocycles. The van der Waals surface area contributed by atoms with Crippen molar-refractivity contribution >= 4 is 35.3 Å². The number of nitrogens with one attached hydrogen (secondary N) is 3. The van der Waals surface area contributed by atoms with Crippen LogP contribution in [0.1, 0.15) is 66.8 Å². The van der Waals surface area contributed by atoms with Gasteiger partial charge in [0.05, 0.1) is 23.1 Å². The minimum absolute atomic E-state index is 0.00596. The first kappa shape index (κ1) is 28.2. The average Bonchev–Trinajstić information content (AvgIpc) is 3.30. The van der Waals surface area contributed by atoms with Crippen LogP contribution in [0.2, 0.25) is 5.02 Å². The molecule has 3 rings (SSSR count). The summed E-state index contributed by atoms with van der Waals surface area (Å²) in [6, 6.07) is 2.99. The number of hydrogen-bond donors (Lipinski definition) is 4. The zero-order valence-electron chi connectivity index (χ0n) is 19.5. The van der Waals surface area contributed by atoms with E-state index in [1.807, 2.05) is 6.92 Å². The number of anilines is 1. The molecule has 192 valence electrons. The molecule has 1 aliphatic carbocycles. The van der Waals surface area contributed by atoms with E-state index in [0.717, 1.165) is 38.3 Å². The molecule has 1 saturated carbocycles. The summed E-state index contributed by atoms with van der Waals surface area (Å²) in [5.41, 5.74) is -0.540.